The van der Waals surface area contributed by atoms with E-state index in [-0.39, 0.29) is 18.2 Å². The normalized spacial score (nSPS) is 10.7. The van der Waals surface area contributed by atoms with Crippen molar-refractivity contribution in [2.45, 2.75) is 33.7 Å². The second-order valence-corrected chi connectivity index (χ2v) is 7.63. The monoisotopic (exact) mass is 486 g/mol. The van der Waals surface area contributed by atoms with E-state index in [1.54, 1.807) is 23.7 Å². The third-order valence-corrected chi connectivity index (χ3v) is 5.37. The molecule has 7 nitrogen and oxygen atoms in total. The molecule has 5 aromatic rings. The van der Waals surface area contributed by atoms with E-state index in [9.17, 15) is 9.18 Å². The molecule has 0 atom stereocenters. The van der Waals surface area contributed by atoms with Crippen molar-refractivity contribution in [1.29, 1.82) is 0 Å². The summed E-state index contributed by atoms with van der Waals surface area (Å²) >= 11 is 0. The Labute approximate surface area is 208 Å². The Morgan fingerprint density at radius 3 is 2.47 bits per heavy atom. The molecule has 0 radical (unpaired) electrons. The SMILES string of the molecule is CC.CCOC(=O)CCn1cc(-c2ncnc3oc(-c4ccccc4)cc23)c(-c2ccc(F)cc2)n1. The summed E-state index contributed by atoms with van der Waals surface area (Å²) in [5.74, 6) is 0.0452. The number of halogens is 1. The van der Waals surface area contributed by atoms with E-state index >= 15 is 0 Å². The highest BCUT2D eigenvalue weighted by molar-refractivity contribution is 5.95. The molecular weight excluding hydrogens is 459 g/mol. The number of furan rings is 1. The molecule has 0 saturated carbocycles. The van der Waals surface area contributed by atoms with E-state index in [1.165, 1.54) is 18.5 Å². The highest BCUT2D eigenvalue weighted by Gasteiger charge is 2.20. The van der Waals surface area contributed by atoms with Crippen molar-refractivity contribution < 1.29 is 18.3 Å². The smallest absolute Gasteiger partial charge is 0.307 e. The van der Waals surface area contributed by atoms with Crippen LogP contribution < -0.4 is 0 Å². The van der Waals surface area contributed by atoms with Crippen LogP contribution in [0.4, 0.5) is 4.39 Å². The first-order valence-electron chi connectivity index (χ1n) is 11.9. The average Bonchev–Trinajstić information content (AvgIpc) is 3.55. The zero-order valence-corrected chi connectivity index (χ0v) is 20.4. The lowest BCUT2D eigenvalue weighted by molar-refractivity contribution is -0.143. The molecule has 0 unspecified atom stereocenters. The summed E-state index contributed by atoms with van der Waals surface area (Å²) in [5, 5.41) is 5.42. The number of aromatic nitrogens is 4. The summed E-state index contributed by atoms with van der Waals surface area (Å²) in [7, 11) is 0. The van der Waals surface area contributed by atoms with E-state index in [2.05, 4.69) is 15.1 Å². The van der Waals surface area contributed by atoms with E-state index < -0.39 is 0 Å². The number of ether oxygens (including phenoxy) is 1. The summed E-state index contributed by atoms with van der Waals surface area (Å²) in [6.45, 7) is 6.43. The Kier molecular flexibility index (Phi) is 7.85. The van der Waals surface area contributed by atoms with Crippen LogP contribution in [0.25, 0.3) is 44.9 Å². The van der Waals surface area contributed by atoms with Gasteiger partial charge in [-0.2, -0.15) is 5.10 Å². The van der Waals surface area contributed by atoms with Gasteiger partial charge in [0, 0.05) is 22.9 Å². The number of nitrogens with zero attached hydrogens (tertiary/aromatic N) is 4. The molecule has 3 heterocycles. The molecule has 36 heavy (non-hydrogen) atoms. The Morgan fingerprint density at radius 1 is 1.00 bits per heavy atom. The molecule has 0 N–H and O–H groups in total. The first kappa shape index (κ1) is 24.8. The van der Waals surface area contributed by atoms with Gasteiger partial charge in [-0.15, -0.1) is 0 Å². The van der Waals surface area contributed by atoms with Crippen molar-refractivity contribution in [2.24, 2.45) is 0 Å². The topological polar surface area (TPSA) is 83.0 Å². The van der Waals surface area contributed by atoms with E-state index in [0.717, 1.165) is 22.1 Å². The molecule has 2 aromatic carbocycles. The Bertz CT molecular complexity index is 1440. The van der Waals surface area contributed by atoms with Gasteiger partial charge >= 0.3 is 5.97 Å². The highest BCUT2D eigenvalue weighted by Crippen LogP contribution is 2.36. The fraction of sp³-hybridized carbons (Fsp3) is 0.214. The minimum absolute atomic E-state index is 0.181. The van der Waals surface area contributed by atoms with Crippen molar-refractivity contribution in [3.8, 4) is 33.8 Å². The molecule has 0 amide bonds. The Morgan fingerprint density at radius 2 is 1.75 bits per heavy atom. The van der Waals surface area contributed by atoms with Crippen molar-refractivity contribution in [2.75, 3.05) is 6.61 Å². The predicted molar refractivity (Wildman–Crippen MR) is 136 cm³/mol. The first-order valence-corrected chi connectivity index (χ1v) is 11.9. The third-order valence-electron chi connectivity index (χ3n) is 5.37. The summed E-state index contributed by atoms with van der Waals surface area (Å²) in [5.41, 5.74) is 4.08. The van der Waals surface area contributed by atoms with Crippen LogP contribution in [-0.4, -0.2) is 32.3 Å². The number of rotatable bonds is 7. The van der Waals surface area contributed by atoms with Crippen LogP contribution in [0.15, 0.2) is 77.6 Å². The number of carbonyl (C=O) groups excluding carboxylic acids is 1. The van der Waals surface area contributed by atoms with Crippen LogP contribution in [0.1, 0.15) is 27.2 Å². The maximum absolute atomic E-state index is 13.6. The highest BCUT2D eigenvalue weighted by atomic mass is 19.1. The number of hydrogen-bond donors (Lipinski definition) is 0. The van der Waals surface area contributed by atoms with Crippen LogP contribution in [0.3, 0.4) is 0 Å². The molecule has 0 aliphatic carbocycles. The fourth-order valence-electron chi connectivity index (χ4n) is 3.78. The van der Waals surface area contributed by atoms with Crippen LogP contribution in [0, 0.1) is 5.82 Å². The molecule has 3 aromatic heterocycles. The van der Waals surface area contributed by atoms with Crippen molar-refractivity contribution >= 4 is 17.1 Å². The minimum atomic E-state index is -0.334. The van der Waals surface area contributed by atoms with Gasteiger partial charge in [0.05, 0.1) is 30.7 Å². The summed E-state index contributed by atoms with van der Waals surface area (Å²) in [6.07, 6.45) is 3.45. The van der Waals surface area contributed by atoms with Gasteiger partial charge in [-0.25, -0.2) is 14.4 Å². The molecule has 0 aliphatic rings. The van der Waals surface area contributed by atoms with Crippen molar-refractivity contribution in [3.63, 3.8) is 0 Å². The van der Waals surface area contributed by atoms with Gasteiger partial charge < -0.3 is 9.15 Å². The number of aryl methyl sites for hydroxylation is 1. The van der Waals surface area contributed by atoms with Gasteiger partial charge in [-0.1, -0.05) is 44.2 Å². The number of esters is 1. The summed E-state index contributed by atoms with van der Waals surface area (Å²) in [6, 6.07) is 17.8. The second-order valence-electron chi connectivity index (χ2n) is 7.63. The van der Waals surface area contributed by atoms with Crippen molar-refractivity contribution in [1.82, 2.24) is 19.7 Å². The molecule has 8 heteroatoms. The van der Waals surface area contributed by atoms with Crippen LogP contribution in [-0.2, 0) is 16.1 Å². The standard InChI is InChI=1S/C26H21FN4O3.C2H6/c1-2-33-23(32)12-13-31-15-21(24(30-31)18-8-10-19(27)11-9-18)25-20-14-22(17-6-4-3-5-7-17)34-26(20)29-16-28-25;1-2/h3-11,14-16H,2,12-13H2,1H3;1-2H3. The van der Waals surface area contributed by atoms with E-state index in [0.29, 0.717) is 36.0 Å². The zero-order chi connectivity index (χ0) is 25.5. The molecule has 0 fully saturated rings. The van der Waals surface area contributed by atoms with Crippen molar-refractivity contribution in [3.05, 3.63) is 79.0 Å². The minimum Gasteiger partial charge on any atom is -0.466 e. The first-order chi connectivity index (χ1) is 17.6. The largest absolute Gasteiger partial charge is 0.466 e. The van der Waals surface area contributed by atoms with Gasteiger partial charge in [0.25, 0.3) is 0 Å². The fourth-order valence-corrected chi connectivity index (χ4v) is 3.78. The number of carbonyl (C=O) groups is 1. The van der Waals surface area contributed by atoms with Gasteiger partial charge in [0.1, 0.15) is 23.6 Å². The quantitative estimate of drug-likeness (QED) is 0.243. The molecule has 0 aliphatic heterocycles. The third kappa shape index (κ3) is 5.33. The lowest BCUT2D eigenvalue weighted by Gasteiger charge is -2.03. The van der Waals surface area contributed by atoms with Gasteiger partial charge in [0.15, 0.2) is 0 Å². The molecule has 0 spiro atoms. The van der Waals surface area contributed by atoms with Gasteiger partial charge in [0.2, 0.25) is 5.71 Å². The molecule has 0 saturated heterocycles. The van der Waals surface area contributed by atoms with Crippen LogP contribution in [0.5, 0.6) is 0 Å². The molecule has 184 valence electrons. The van der Waals surface area contributed by atoms with Gasteiger partial charge in [-0.05, 0) is 37.3 Å². The lowest BCUT2D eigenvalue weighted by Crippen LogP contribution is -2.09. The van der Waals surface area contributed by atoms with E-state index in [1.807, 2.05) is 56.4 Å². The zero-order valence-electron chi connectivity index (χ0n) is 20.4. The summed E-state index contributed by atoms with van der Waals surface area (Å²) in [4.78, 5) is 20.7. The molecule has 0 bridgehead atoms. The number of benzene rings is 2. The van der Waals surface area contributed by atoms with Crippen LogP contribution in [0.2, 0.25) is 0 Å². The second kappa shape index (κ2) is 11.4. The molecule has 5 rings (SSSR count). The lowest BCUT2D eigenvalue weighted by atomic mass is 10.0. The summed E-state index contributed by atoms with van der Waals surface area (Å²) < 4.78 is 26.3. The maximum atomic E-state index is 13.6. The Hall–Kier alpha value is -4.33. The number of fused-ring (bicyclic) bond motifs is 1. The molecular formula is C28H27FN4O3. The maximum Gasteiger partial charge on any atom is 0.307 e. The number of hydrogen-bond acceptors (Lipinski definition) is 6. The predicted octanol–water partition coefficient (Wildman–Crippen LogP) is 6.54. The average molecular weight is 487 g/mol. The van der Waals surface area contributed by atoms with Gasteiger partial charge in [-0.3, -0.25) is 9.48 Å². The van der Waals surface area contributed by atoms with Crippen LogP contribution >= 0.6 is 0 Å². The Balaban J connectivity index is 0.00000148. The van der Waals surface area contributed by atoms with E-state index in [4.69, 9.17) is 9.15 Å².